The number of hydrogen-bond donors (Lipinski definition) is 1. The molecule has 0 fully saturated rings. The lowest BCUT2D eigenvalue weighted by atomic mass is 10.0. The largest absolute Gasteiger partial charge is 0.372 e. The Bertz CT molecular complexity index is 412. The van der Waals surface area contributed by atoms with Crippen molar-refractivity contribution in [2.75, 3.05) is 25.0 Å². The molecule has 0 atom stereocenters. The molecule has 1 rings (SSSR count). The van der Waals surface area contributed by atoms with Crippen molar-refractivity contribution < 1.29 is 0 Å². The van der Waals surface area contributed by atoms with Crippen LogP contribution in [0.4, 0.5) is 5.69 Å². The third-order valence-corrected chi connectivity index (χ3v) is 3.35. The van der Waals surface area contributed by atoms with Crippen LogP contribution in [0.1, 0.15) is 26.7 Å². The van der Waals surface area contributed by atoms with Crippen LogP contribution >= 0.6 is 0 Å². The molecule has 0 bridgehead atoms. The van der Waals surface area contributed by atoms with Gasteiger partial charge in [0.15, 0.2) is 0 Å². The summed E-state index contributed by atoms with van der Waals surface area (Å²) in [6.45, 7) is 6.27. The van der Waals surface area contributed by atoms with E-state index < -0.39 is 0 Å². The number of nitrogens with two attached hydrogens (primary N) is 1. The molecule has 0 aliphatic rings. The van der Waals surface area contributed by atoms with E-state index >= 15 is 0 Å². The van der Waals surface area contributed by atoms with Crippen molar-refractivity contribution in [3.8, 4) is 0 Å². The Morgan fingerprint density at radius 3 is 2.61 bits per heavy atom. The summed E-state index contributed by atoms with van der Waals surface area (Å²) in [6, 6.07) is 1.63. The summed E-state index contributed by atoms with van der Waals surface area (Å²) in [6.07, 6.45) is 3.87. The molecule has 0 unspecified atom stereocenters. The van der Waals surface area contributed by atoms with Crippen LogP contribution in [0.5, 0.6) is 0 Å². The van der Waals surface area contributed by atoms with Crippen molar-refractivity contribution in [1.82, 2.24) is 9.78 Å². The molecule has 5 heteroatoms. The van der Waals surface area contributed by atoms with E-state index in [1.807, 2.05) is 11.9 Å². The molecule has 0 amide bonds. The zero-order valence-electron chi connectivity index (χ0n) is 11.6. The highest BCUT2D eigenvalue weighted by molar-refractivity contribution is 5.41. The van der Waals surface area contributed by atoms with Gasteiger partial charge in [-0.2, -0.15) is 5.10 Å². The average Bonchev–Trinajstić information content (AvgIpc) is 2.37. The van der Waals surface area contributed by atoms with E-state index in [0.29, 0.717) is 19.0 Å². The number of aromatic nitrogens is 2. The fourth-order valence-corrected chi connectivity index (χ4v) is 1.88. The lowest BCUT2D eigenvalue weighted by molar-refractivity contribution is 0.385. The van der Waals surface area contributed by atoms with E-state index in [2.05, 4.69) is 18.9 Å². The van der Waals surface area contributed by atoms with Gasteiger partial charge in [-0.3, -0.25) is 4.79 Å². The van der Waals surface area contributed by atoms with E-state index in [1.54, 1.807) is 16.9 Å². The van der Waals surface area contributed by atoms with Crippen LogP contribution in [-0.4, -0.2) is 29.9 Å². The van der Waals surface area contributed by atoms with Crippen LogP contribution in [0.2, 0.25) is 0 Å². The van der Waals surface area contributed by atoms with Gasteiger partial charge < -0.3 is 10.6 Å². The zero-order valence-corrected chi connectivity index (χ0v) is 11.6. The highest BCUT2D eigenvalue weighted by Crippen LogP contribution is 2.10. The molecule has 1 aromatic heterocycles. The summed E-state index contributed by atoms with van der Waals surface area (Å²) in [7, 11) is 1.91. The fraction of sp³-hybridized carbons (Fsp3) is 0.692. The summed E-state index contributed by atoms with van der Waals surface area (Å²) < 4.78 is 1.55. The highest BCUT2D eigenvalue weighted by Gasteiger charge is 2.08. The monoisotopic (exact) mass is 252 g/mol. The van der Waals surface area contributed by atoms with Gasteiger partial charge in [0, 0.05) is 32.7 Å². The molecule has 5 nitrogen and oxygen atoms in total. The molecular weight excluding hydrogens is 228 g/mol. The normalized spacial score (nSPS) is 10.9. The molecule has 102 valence electrons. The van der Waals surface area contributed by atoms with Crippen molar-refractivity contribution >= 4 is 5.69 Å². The first-order chi connectivity index (χ1) is 8.62. The van der Waals surface area contributed by atoms with Crippen molar-refractivity contribution in [3.05, 3.63) is 22.6 Å². The number of nitrogens with zero attached hydrogens (tertiary/aromatic N) is 3. The average molecular weight is 252 g/mol. The van der Waals surface area contributed by atoms with Gasteiger partial charge >= 0.3 is 0 Å². The van der Waals surface area contributed by atoms with Gasteiger partial charge in [0.25, 0.3) is 5.56 Å². The van der Waals surface area contributed by atoms with Gasteiger partial charge in [0.1, 0.15) is 0 Å². The first-order valence-corrected chi connectivity index (χ1v) is 6.60. The summed E-state index contributed by atoms with van der Waals surface area (Å²) in [5.74, 6) is 0.517. The number of hydrogen-bond acceptors (Lipinski definition) is 4. The van der Waals surface area contributed by atoms with Crippen LogP contribution < -0.4 is 16.2 Å². The minimum absolute atomic E-state index is 0.0386. The second kappa shape index (κ2) is 7.16. The maximum atomic E-state index is 12.0. The molecule has 0 saturated heterocycles. The smallest absolute Gasteiger partial charge is 0.268 e. The van der Waals surface area contributed by atoms with E-state index in [1.165, 1.54) is 0 Å². The molecular formula is C13H24N4O. The molecule has 18 heavy (non-hydrogen) atoms. The van der Waals surface area contributed by atoms with Crippen LogP contribution in [-0.2, 0) is 6.54 Å². The summed E-state index contributed by atoms with van der Waals surface area (Å²) in [4.78, 5) is 13.9. The molecule has 0 spiro atoms. The molecule has 2 N–H and O–H groups in total. The predicted molar refractivity (Wildman–Crippen MR) is 74.9 cm³/mol. The minimum atomic E-state index is -0.0386. The van der Waals surface area contributed by atoms with E-state index in [0.717, 1.165) is 25.1 Å². The van der Waals surface area contributed by atoms with E-state index in [4.69, 9.17) is 5.73 Å². The van der Waals surface area contributed by atoms with Crippen LogP contribution in [0.15, 0.2) is 17.1 Å². The Balaban J connectivity index is 2.82. The van der Waals surface area contributed by atoms with Crippen molar-refractivity contribution in [2.24, 2.45) is 11.7 Å². The van der Waals surface area contributed by atoms with Crippen LogP contribution in [0, 0.1) is 5.92 Å². The number of rotatable bonds is 7. The maximum Gasteiger partial charge on any atom is 0.268 e. The first kappa shape index (κ1) is 14.7. The Morgan fingerprint density at radius 2 is 2.11 bits per heavy atom. The topological polar surface area (TPSA) is 64.2 Å². The Hall–Kier alpha value is -1.36. The van der Waals surface area contributed by atoms with E-state index in [9.17, 15) is 4.79 Å². The lowest BCUT2D eigenvalue weighted by Crippen LogP contribution is -2.30. The molecule has 0 aliphatic carbocycles. The third kappa shape index (κ3) is 3.84. The van der Waals surface area contributed by atoms with Gasteiger partial charge in [-0.25, -0.2) is 4.68 Å². The molecule has 0 aromatic carbocycles. The molecule has 1 heterocycles. The SMILES string of the molecule is CCC(CC)Cn1ncc(N(C)CCN)cc1=O. The van der Waals surface area contributed by atoms with Gasteiger partial charge in [-0.15, -0.1) is 0 Å². The fourth-order valence-electron chi connectivity index (χ4n) is 1.88. The Kier molecular flexibility index (Phi) is 5.85. The van der Waals surface area contributed by atoms with Crippen LogP contribution in [0.3, 0.4) is 0 Å². The van der Waals surface area contributed by atoms with E-state index in [-0.39, 0.29) is 5.56 Å². The quantitative estimate of drug-likeness (QED) is 0.788. The molecule has 1 aromatic rings. The van der Waals surface area contributed by atoms with Crippen molar-refractivity contribution in [1.29, 1.82) is 0 Å². The maximum absolute atomic E-state index is 12.0. The lowest BCUT2D eigenvalue weighted by Gasteiger charge is -2.18. The Labute approximate surface area is 109 Å². The molecule has 0 radical (unpaired) electrons. The minimum Gasteiger partial charge on any atom is -0.372 e. The molecule has 0 saturated carbocycles. The summed E-state index contributed by atoms with van der Waals surface area (Å²) in [5.41, 5.74) is 6.28. The standard InChI is InChI=1S/C13H24N4O/c1-4-11(5-2)10-17-13(18)8-12(9-15-17)16(3)7-6-14/h8-9,11H,4-7,10,14H2,1-3H3. The second-order valence-corrected chi connectivity index (χ2v) is 4.63. The summed E-state index contributed by atoms with van der Waals surface area (Å²) in [5, 5.41) is 4.24. The van der Waals surface area contributed by atoms with Gasteiger partial charge in [-0.05, 0) is 5.92 Å². The van der Waals surface area contributed by atoms with Gasteiger partial charge in [-0.1, -0.05) is 26.7 Å². The first-order valence-electron chi connectivity index (χ1n) is 6.60. The molecule has 0 aliphatic heterocycles. The Morgan fingerprint density at radius 1 is 1.44 bits per heavy atom. The predicted octanol–water partition coefficient (Wildman–Crippen LogP) is 1.07. The number of anilines is 1. The summed E-state index contributed by atoms with van der Waals surface area (Å²) >= 11 is 0. The van der Waals surface area contributed by atoms with Crippen molar-refractivity contribution in [3.63, 3.8) is 0 Å². The van der Waals surface area contributed by atoms with Crippen LogP contribution in [0.25, 0.3) is 0 Å². The van der Waals surface area contributed by atoms with Gasteiger partial charge in [0.2, 0.25) is 0 Å². The number of likely N-dealkylation sites (N-methyl/N-ethyl adjacent to an activating group) is 1. The van der Waals surface area contributed by atoms with Gasteiger partial charge in [0.05, 0.1) is 11.9 Å². The highest BCUT2D eigenvalue weighted by atomic mass is 16.1. The second-order valence-electron chi connectivity index (χ2n) is 4.63. The van der Waals surface area contributed by atoms with Crippen molar-refractivity contribution in [2.45, 2.75) is 33.2 Å². The zero-order chi connectivity index (χ0) is 13.5. The third-order valence-electron chi connectivity index (χ3n) is 3.35.